The van der Waals surface area contributed by atoms with Crippen LogP contribution in [0.3, 0.4) is 0 Å². The molecular weight excluding hydrogens is 379 g/mol. The summed E-state index contributed by atoms with van der Waals surface area (Å²) >= 11 is 0. The number of hydrogen-bond acceptors (Lipinski definition) is 7. The van der Waals surface area contributed by atoms with E-state index in [4.69, 9.17) is 35.5 Å². The Morgan fingerprint density at radius 2 is 0.643 bits per heavy atom. The van der Waals surface area contributed by atoms with Crippen molar-refractivity contribution in [2.24, 2.45) is 0 Å². The van der Waals surface area contributed by atoms with Gasteiger partial charge in [-0.3, -0.25) is 0 Å². The van der Waals surface area contributed by atoms with Gasteiger partial charge < -0.3 is 35.5 Å². The quantitative estimate of drug-likeness (QED) is 0.346. The molecule has 7 N–H and O–H groups in total. The Hall–Kier alpha value is -3.74. The molecule has 0 unspecified atom stereocenters. The Kier molecular flexibility index (Phi) is 10.2. The predicted octanol–water partition coefficient (Wildman–Crippen LogP) is 0.114. The molecule has 0 aromatic heterocycles. The van der Waals surface area contributed by atoms with Crippen LogP contribution in [0.4, 0.5) is 0 Å². The van der Waals surface area contributed by atoms with Crippen LogP contribution in [-0.4, -0.2) is 66.7 Å². The molecule has 0 fully saturated rings. The van der Waals surface area contributed by atoms with E-state index in [-0.39, 0.29) is 22.3 Å². The average Bonchev–Trinajstić information content (AvgIpc) is 2.61. The standard InChI is InChI=1S/2C8H6O4.BH3O3/c2*9-7(10)5-3-1-2-4-6(5)8(11)12;2-1(3)4/h2*1-4H,(H,9,10)(H,11,12);2-4H. The highest BCUT2D eigenvalue weighted by Gasteiger charge is 2.14. The fourth-order valence-electron chi connectivity index (χ4n) is 1.71. The van der Waals surface area contributed by atoms with E-state index in [2.05, 4.69) is 0 Å². The molecule has 0 saturated heterocycles. The normalized spacial score (nSPS) is 8.96. The first kappa shape index (κ1) is 24.3. The average molecular weight is 394 g/mol. The fraction of sp³-hybridized carbons (Fsp3) is 0. The van der Waals surface area contributed by atoms with E-state index < -0.39 is 31.2 Å². The summed E-state index contributed by atoms with van der Waals surface area (Å²) in [5.74, 6) is -4.91. The molecule has 11 nitrogen and oxygen atoms in total. The van der Waals surface area contributed by atoms with Crippen LogP contribution in [-0.2, 0) is 0 Å². The Morgan fingerprint density at radius 1 is 0.500 bits per heavy atom. The molecule has 2 aromatic rings. The lowest BCUT2D eigenvalue weighted by Gasteiger charge is -1.98. The van der Waals surface area contributed by atoms with Crippen molar-refractivity contribution in [1.29, 1.82) is 0 Å². The van der Waals surface area contributed by atoms with E-state index in [1.807, 2.05) is 0 Å². The third-order valence-electron chi connectivity index (χ3n) is 2.78. The fourth-order valence-corrected chi connectivity index (χ4v) is 1.71. The van der Waals surface area contributed by atoms with Crippen molar-refractivity contribution < 1.29 is 54.7 Å². The van der Waals surface area contributed by atoms with Crippen molar-refractivity contribution in [2.75, 3.05) is 0 Å². The third kappa shape index (κ3) is 8.58. The monoisotopic (exact) mass is 394 g/mol. The summed E-state index contributed by atoms with van der Waals surface area (Å²) in [7, 11) is -2.17. The molecule has 2 rings (SSSR count). The lowest BCUT2D eigenvalue weighted by atomic mass is 10.1. The first-order valence-electron chi connectivity index (χ1n) is 7.14. The van der Waals surface area contributed by atoms with Gasteiger partial charge in [0.2, 0.25) is 0 Å². The minimum Gasteiger partial charge on any atom is -0.478 e. The molecule has 0 aliphatic heterocycles. The molecule has 0 atom stereocenters. The highest BCUT2D eigenvalue weighted by molar-refractivity contribution is 6.30. The highest BCUT2D eigenvalue weighted by Crippen LogP contribution is 2.08. The number of benzene rings is 2. The first-order chi connectivity index (χ1) is 13.0. The molecule has 148 valence electrons. The second-order valence-electron chi connectivity index (χ2n) is 4.66. The Bertz CT molecular complexity index is 712. The molecule has 12 heteroatoms. The maximum Gasteiger partial charge on any atom is 0.631 e. The van der Waals surface area contributed by atoms with Crippen LogP contribution >= 0.6 is 0 Å². The number of carboxylic acids is 4. The second-order valence-corrected chi connectivity index (χ2v) is 4.66. The van der Waals surface area contributed by atoms with Crippen molar-refractivity contribution in [3.8, 4) is 0 Å². The van der Waals surface area contributed by atoms with Crippen molar-refractivity contribution in [1.82, 2.24) is 0 Å². The second kappa shape index (κ2) is 11.8. The maximum absolute atomic E-state index is 10.5. The Labute approximate surface area is 157 Å². The summed E-state index contributed by atoms with van der Waals surface area (Å²) < 4.78 is 0. The zero-order valence-corrected chi connectivity index (χ0v) is 14.0. The van der Waals surface area contributed by atoms with Gasteiger partial charge in [0, 0.05) is 0 Å². The number of rotatable bonds is 4. The minimum absolute atomic E-state index is 0.190. The van der Waals surface area contributed by atoms with Crippen molar-refractivity contribution in [2.45, 2.75) is 0 Å². The van der Waals surface area contributed by atoms with E-state index in [1.54, 1.807) is 0 Å². The Morgan fingerprint density at radius 3 is 0.750 bits per heavy atom. The van der Waals surface area contributed by atoms with Gasteiger partial charge in [-0.15, -0.1) is 0 Å². The molecule has 0 heterocycles. The van der Waals surface area contributed by atoms with E-state index >= 15 is 0 Å². The van der Waals surface area contributed by atoms with E-state index in [0.717, 1.165) is 0 Å². The van der Waals surface area contributed by atoms with Crippen LogP contribution in [0.5, 0.6) is 0 Å². The zero-order chi connectivity index (χ0) is 21.9. The van der Waals surface area contributed by atoms with Gasteiger partial charge in [-0.2, -0.15) is 0 Å². The molecule has 0 aliphatic rings. The van der Waals surface area contributed by atoms with Gasteiger partial charge in [0.1, 0.15) is 0 Å². The molecule has 0 spiro atoms. The van der Waals surface area contributed by atoms with E-state index in [0.29, 0.717) is 0 Å². The van der Waals surface area contributed by atoms with Crippen LogP contribution in [0.1, 0.15) is 41.4 Å². The number of carboxylic acid groups (broad SMARTS) is 4. The predicted molar refractivity (Wildman–Crippen MR) is 93.1 cm³/mol. The van der Waals surface area contributed by atoms with Crippen LogP contribution in [0, 0.1) is 0 Å². The van der Waals surface area contributed by atoms with Crippen molar-refractivity contribution >= 4 is 31.2 Å². The van der Waals surface area contributed by atoms with Crippen LogP contribution < -0.4 is 0 Å². The van der Waals surface area contributed by atoms with Gasteiger partial charge >= 0.3 is 31.2 Å². The topological polar surface area (TPSA) is 210 Å². The third-order valence-corrected chi connectivity index (χ3v) is 2.78. The van der Waals surface area contributed by atoms with Gasteiger partial charge in [-0.25, -0.2) is 19.2 Å². The van der Waals surface area contributed by atoms with Gasteiger partial charge in [0.05, 0.1) is 22.3 Å². The summed E-state index contributed by atoms with van der Waals surface area (Å²) in [5.41, 5.74) is -0.759. The summed E-state index contributed by atoms with van der Waals surface area (Å²) in [6.45, 7) is 0. The smallest absolute Gasteiger partial charge is 0.478 e. The molecule has 0 bridgehead atoms. The largest absolute Gasteiger partial charge is 0.631 e. The lowest BCUT2D eigenvalue weighted by Crippen LogP contribution is -2.07. The summed E-state index contributed by atoms with van der Waals surface area (Å²) in [4.78, 5) is 41.9. The molecule has 0 radical (unpaired) electrons. The SMILES string of the molecule is O=C(O)c1ccccc1C(=O)O.O=C(O)c1ccccc1C(=O)O.OB(O)O. The van der Waals surface area contributed by atoms with Crippen LogP contribution in [0.15, 0.2) is 48.5 Å². The molecule has 0 amide bonds. The van der Waals surface area contributed by atoms with Crippen LogP contribution in [0.2, 0.25) is 0 Å². The molecule has 0 aliphatic carbocycles. The summed E-state index contributed by atoms with van der Waals surface area (Å²) in [6.07, 6.45) is 0. The number of hydrogen-bond donors (Lipinski definition) is 7. The molecular formula is C16H15BO11. The van der Waals surface area contributed by atoms with Crippen molar-refractivity contribution in [3.63, 3.8) is 0 Å². The minimum atomic E-state index is -2.17. The lowest BCUT2D eigenvalue weighted by molar-refractivity contribution is 0.0651. The van der Waals surface area contributed by atoms with Gasteiger partial charge in [0.25, 0.3) is 0 Å². The van der Waals surface area contributed by atoms with Crippen LogP contribution in [0.25, 0.3) is 0 Å². The molecule has 2 aromatic carbocycles. The number of aromatic carboxylic acids is 4. The van der Waals surface area contributed by atoms with E-state index in [9.17, 15) is 19.2 Å². The maximum atomic E-state index is 10.5. The first-order valence-corrected chi connectivity index (χ1v) is 7.14. The summed E-state index contributed by atoms with van der Waals surface area (Å²) in [5, 5.41) is 55.7. The highest BCUT2D eigenvalue weighted by atomic mass is 16.5. The Balaban J connectivity index is 0.000000439. The summed E-state index contributed by atoms with van der Waals surface area (Å²) in [6, 6.07) is 11.0. The van der Waals surface area contributed by atoms with E-state index in [1.165, 1.54) is 48.5 Å². The van der Waals surface area contributed by atoms with Gasteiger partial charge in [-0.05, 0) is 24.3 Å². The van der Waals surface area contributed by atoms with Crippen molar-refractivity contribution in [3.05, 3.63) is 70.8 Å². The molecule has 28 heavy (non-hydrogen) atoms. The zero-order valence-electron chi connectivity index (χ0n) is 14.0. The number of carbonyl (C=O) groups is 4. The van der Waals surface area contributed by atoms with Gasteiger partial charge in [0.15, 0.2) is 0 Å². The van der Waals surface area contributed by atoms with Gasteiger partial charge in [-0.1, -0.05) is 24.3 Å². The molecule has 0 saturated carbocycles.